The number of aromatic amines is 1. The van der Waals surface area contributed by atoms with Crippen LogP contribution in [0.3, 0.4) is 0 Å². The number of thiophene rings is 1. The molecule has 0 saturated carbocycles. The van der Waals surface area contributed by atoms with Crippen molar-refractivity contribution in [2.24, 2.45) is 0 Å². The molecule has 3 rings (SSSR count). The Kier molecular flexibility index (Phi) is 3.95. The van der Waals surface area contributed by atoms with E-state index in [-0.39, 0.29) is 11.6 Å². The fourth-order valence-corrected chi connectivity index (χ4v) is 3.03. The highest BCUT2D eigenvalue weighted by molar-refractivity contribution is 7.10. The number of ether oxygens (including phenoxy) is 1. The van der Waals surface area contributed by atoms with E-state index in [1.165, 1.54) is 4.88 Å². The summed E-state index contributed by atoms with van der Waals surface area (Å²) in [6.07, 6.45) is 0.715. The van der Waals surface area contributed by atoms with Crippen molar-refractivity contribution in [2.45, 2.75) is 32.5 Å². The summed E-state index contributed by atoms with van der Waals surface area (Å²) in [7, 11) is 0. The van der Waals surface area contributed by atoms with E-state index in [9.17, 15) is 4.79 Å². The Hall–Kier alpha value is -1.50. The van der Waals surface area contributed by atoms with Crippen LogP contribution in [0.5, 0.6) is 0 Å². The fraction of sp³-hybridized carbons (Fsp3) is 0.429. The van der Waals surface area contributed by atoms with Gasteiger partial charge in [-0.2, -0.15) is 0 Å². The van der Waals surface area contributed by atoms with Crippen LogP contribution in [0, 0.1) is 0 Å². The number of rotatable bonds is 4. The summed E-state index contributed by atoms with van der Waals surface area (Å²) in [5, 5.41) is 5.44. The number of fused-ring (bicyclic) bond motifs is 1. The highest BCUT2D eigenvalue weighted by Gasteiger charge is 2.16. The summed E-state index contributed by atoms with van der Waals surface area (Å²) in [6.45, 7) is 3.68. The minimum absolute atomic E-state index is 0.0738. The lowest BCUT2D eigenvalue weighted by molar-refractivity contribution is 0.107. The molecule has 6 heteroatoms. The van der Waals surface area contributed by atoms with Crippen LogP contribution >= 0.6 is 11.3 Å². The van der Waals surface area contributed by atoms with Gasteiger partial charge in [-0.15, -0.1) is 11.3 Å². The highest BCUT2D eigenvalue weighted by atomic mass is 32.1. The van der Waals surface area contributed by atoms with Gasteiger partial charge in [0, 0.05) is 17.3 Å². The summed E-state index contributed by atoms with van der Waals surface area (Å²) in [5.41, 5.74) is 1.47. The molecule has 106 valence electrons. The van der Waals surface area contributed by atoms with Gasteiger partial charge >= 0.3 is 0 Å². The molecule has 3 heterocycles. The van der Waals surface area contributed by atoms with Crippen LogP contribution in [0.2, 0.25) is 0 Å². The van der Waals surface area contributed by atoms with Crippen molar-refractivity contribution >= 4 is 11.3 Å². The lowest BCUT2D eigenvalue weighted by Gasteiger charge is -2.16. The van der Waals surface area contributed by atoms with Crippen molar-refractivity contribution in [1.29, 1.82) is 0 Å². The minimum atomic E-state index is -0.0738. The van der Waals surface area contributed by atoms with Crippen LogP contribution in [-0.2, 0) is 24.3 Å². The van der Waals surface area contributed by atoms with E-state index in [0.29, 0.717) is 37.6 Å². The number of nitrogens with zero attached hydrogens (tertiary/aromatic N) is 1. The first-order valence-corrected chi connectivity index (χ1v) is 7.57. The molecule has 1 atom stereocenters. The molecular weight excluding hydrogens is 274 g/mol. The largest absolute Gasteiger partial charge is 0.376 e. The number of nitrogens with one attached hydrogen (secondary N) is 2. The van der Waals surface area contributed by atoms with Crippen LogP contribution in [0.25, 0.3) is 0 Å². The Morgan fingerprint density at radius 1 is 1.60 bits per heavy atom. The Labute approximate surface area is 121 Å². The standard InChI is InChI=1S/C14H17N3O2S/c1-9(12-3-2-6-20-12)15-7-13-16-11-4-5-19-8-10(11)14(18)17-13/h2-3,6,9,15H,4-5,7-8H2,1H3,(H,16,17,18). The second-order valence-corrected chi connectivity index (χ2v) is 5.84. The highest BCUT2D eigenvalue weighted by Crippen LogP contribution is 2.18. The Morgan fingerprint density at radius 2 is 2.50 bits per heavy atom. The van der Waals surface area contributed by atoms with Crippen molar-refractivity contribution in [3.8, 4) is 0 Å². The average Bonchev–Trinajstić information content (AvgIpc) is 2.99. The van der Waals surface area contributed by atoms with E-state index in [1.54, 1.807) is 11.3 Å². The Bertz CT molecular complexity index is 636. The second kappa shape index (κ2) is 5.87. The maximum atomic E-state index is 12.0. The SMILES string of the molecule is CC(NCc1nc2c(c(=O)[nH]1)COCC2)c1cccs1. The number of hydrogen-bond acceptors (Lipinski definition) is 5. The Balaban J connectivity index is 1.72. The summed E-state index contributed by atoms with van der Waals surface area (Å²) in [6, 6.07) is 4.39. The molecule has 0 aromatic carbocycles. The van der Waals surface area contributed by atoms with Gasteiger partial charge in [-0.05, 0) is 18.4 Å². The van der Waals surface area contributed by atoms with E-state index < -0.39 is 0 Å². The van der Waals surface area contributed by atoms with Crippen molar-refractivity contribution in [2.75, 3.05) is 6.61 Å². The third-order valence-electron chi connectivity index (χ3n) is 3.43. The molecule has 20 heavy (non-hydrogen) atoms. The van der Waals surface area contributed by atoms with Crippen LogP contribution in [0.1, 0.15) is 34.9 Å². The molecule has 0 radical (unpaired) electrons. The van der Waals surface area contributed by atoms with Gasteiger partial charge in [0.05, 0.1) is 31.0 Å². The first kappa shape index (κ1) is 13.5. The summed E-state index contributed by atoms with van der Waals surface area (Å²) >= 11 is 1.72. The fourth-order valence-electron chi connectivity index (χ4n) is 2.27. The molecule has 0 saturated heterocycles. The van der Waals surface area contributed by atoms with Gasteiger partial charge in [0.2, 0.25) is 0 Å². The van der Waals surface area contributed by atoms with E-state index in [4.69, 9.17) is 4.74 Å². The van der Waals surface area contributed by atoms with E-state index >= 15 is 0 Å². The van der Waals surface area contributed by atoms with Crippen molar-refractivity contribution < 1.29 is 4.74 Å². The first-order valence-electron chi connectivity index (χ1n) is 6.69. The number of hydrogen-bond donors (Lipinski definition) is 2. The topological polar surface area (TPSA) is 67.0 Å². The zero-order valence-electron chi connectivity index (χ0n) is 11.3. The van der Waals surface area contributed by atoms with Crippen LogP contribution in [0.15, 0.2) is 22.3 Å². The molecule has 1 unspecified atom stereocenters. The van der Waals surface area contributed by atoms with Crippen LogP contribution in [0.4, 0.5) is 0 Å². The first-order chi connectivity index (χ1) is 9.74. The van der Waals surface area contributed by atoms with Gasteiger partial charge in [-0.1, -0.05) is 6.07 Å². The quantitative estimate of drug-likeness (QED) is 0.900. The zero-order valence-corrected chi connectivity index (χ0v) is 12.1. The molecule has 1 aliphatic rings. The van der Waals surface area contributed by atoms with E-state index in [2.05, 4.69) is 33.7 Å². The normalized spacial score (nSPS) is 15.8. The maximum Gasteiger partial charge on any atom is 0.256 e. The van der Waals surface area contributed by atoms with Crippen molar-refractivity contribution in [1.82, 2.24) is 15.3 Å². The molecule has 0 fully saturated rings. The molecule has 2 N–H and O–H groups in total. The van der Waals surface area contributed by atoms with Crippen LogP contribution in [-0.4, -0.2) is 16.6 Å². The smallest absolute Gasteiger partial charge is 0.256 e. The molecule has 0 amide bonds. The van der Waals surface area contributed by atoms with Gasteiger partial charge in [0.25, 0.3) is 5.56 Å². The molecule has 2 aromatic rings. The number of aromatic nitrogens is 2. The summed E-state index contributed by atoms with van der Waals surface area (Å²) in [4.78, 5) is 20.6. The molecule has 0 bridgehead atoms. The average molecular weight is 291 g/mol. The molecule has 5 nitrogen and oxygen atoms in total. The zero-order chi connectivity index (χ0) is 13.9. The third kappa shape index (κ3) is 2.82. The molecule has 0 spiro atoms. The summed E-state index contributed by atoms with van der Waals surface area (Å²) < 4.78 is 5.29. The molecule has 1 aliphatic heterocycles. The van der Waals surface area contributed by atoms with Crippen LogP contribution < -0.4 is 10.9 Å². The molecule has 2 aromatic heterocycles. The van der Waals surface area contributed by atoms with E-state index in [0.717, 1.165) is 5.69 Å². The lowest BCUT2D eigenvalue weighted by atomic mass is 10.1. The van der Waals surface area contributed by atoms with Gasteiger partial charge in [-0.25, -0.2) is 4.98 Å². The van der Waals surface area contributed by atoms with Gasteiger partial charge in [0.15, 0.2) is 0 Å². The summed E-state index contributed by atoms with van der Waals surface area (Å²) in [5.74, 6) is 0.694. The molecular formula is C14H17N3O2S. The van der Waals surface area contributed by atoms with Gasteiger partial charge in [0.1, 0.15) is 5.82 Å². The Morgan fingerprint density at radius 3 is 3.30 bits per heavy atom. The van der Waals surface area contributed by atoms with Gasteiger partial charge in [-0.3, -0.25) is 4.79 Å². The maximum absolute atomic E-state index is 12.0. The number of H-pyrrole nitrogens is 1. The monoisotopic (exact) mass is 291 g/mol. The molecule has 0 aliphatic carbocycles. The van der Waals surface area contributed by atoms with E-state index in [1.807, 2.05) is 6.07 Å². The minimum Gasteiger partial charge on any atom is -0.376 e. The predicted molar refractivity (Wildman–Crippen MR) is 77.8 cm³/mol. The second-order valence-electron chi connectivity index (χ2n) is 4.86. The predicted octanol–water partition coefficient (Wildman–Crippen LogP) is 1.75. The van der Waals surface area contributed by atoms with Gasteiger partial charge < -0.3 is 15.0 Å². The van der Waals surface area contributed by atoms with Crippen molar-refractivity contribution in [3.63, 3.8) is 0 Å². The third-order valence-corrected chi connectivity index (χ3v) is 4.48. The lowest BCUT2D eigenvalue weighted by Crippen LogP contribution is -2.28. The van der Waals surface area contributed by atoms with Crippen molar-refractivity contribution in [3.05, 3.63) is 49.8 Å².